The summed E-state index contributed by atoms with van der Waals surface area (Å²) in [5.74, 6) is 1.91. The van der Waals surface area contributed by atoms with Gasteiger partial charge in [-0.05, 0) is 30.6 Å². The van der Waals surface area contributed by atoms with Crippen LogP contribution in [-0.2, 0) is 0 Å². The van der Waals surface area contributed by atoms with Crippen molar-refractivity contribution in [1.29, 1.82) is 0 Å². The van der Waals surface area contributed by atoms with Gasteiger partial charge in [0.2, 0.25) is 11.7 Å². The third kappa shape index (κ3) is 3.06. The molecule has 0 bridgehead atoms. The largest absolute Gasteiger partial charge is 0.337 e. The van der Waals surface area contributed by atoms with Crippen LogP contribution in [0.2, 0.25) is 0 Å². The molecule has 0 aliphatic carbocycles. The molecule has 0 saturated carbocycles. The van der Waals surface area contributed by atoms with Crippen molar-refractivity contribution in [3.63, 3.8) is 0 Å². The number of hydrogen-bond donors (Lipinski definition) is 1. The molecule has 2 heterocycles. The van der Waals surface area contributed by atoms with Crippen molar-refractivity contribution in [2.45, 2.75) is 12.5 Å². The van der Waals surface area contributed by atoms with E-state index in [-0.39, 0.29) is 6.04 Å². The summed E-state index contributed by atoms with van der Waals surface area (Å²) < 4.78 is 5.25. The van der Waals surface area contributed by atoms with Crippen LogP contribution in [0, 0.1) is 0 Å². The molecule has 1 atom stereocenters. The van der Waals surface area contributed by atoms with E-state index in [1.807, 2.05) is 42.7 Å². The van der Waals surface area contributed by atoms with Gasteiger partial charge in [0, 0.05) is 5.39 Å². The Bertz CT molecular complexity index is 743. The van der Waals surface area contributed by atoms with Crippen LogP contribution in [0.15, 0.2) is 40.9 Å². The number of pyridine rings is 1. The number of para-hydroxylation sites is 1. The van der Waals surface area contributed by atoms with Gasteiger partial charge >= 0.3 is 0 Å². The standard InChI is InChI=1S/C15H16N4OS/c1-21-9-8-11(16)15-18-14(19-20-15)13-7-6-10-4-2-3-5-12(10)17-13/h2-7,11H,8-9,16H2,1H3/t11-/m1/s1. The molecule has 0 amide bonds. The average Bonchev–Trinajstić information content (AvgIpc) is 3.02. The van der Waals surface area contributed by atoms with Gasteiger partial charge in [-0.15, -0.1) is 0 Å². The second kappa shape index (κ2) is 6.24. The number of nitrogens with zero attached hydrogens (tertiary/aromatic N) is 3. The summed E-state index contributed by atoms with van der Waals surface area (Å²) in [7, 11) is 0. The van der Waals surface area contributed by atoms with Crippen LogP contribution in [-0.4, -0.2) is 27.1 Å². The minimum absolute atomic E-state index is 0.223. The minimum Gasteiger partial charge on any atom is -0.337 e. The number of thioether (sulfide) groups is 1. The molecule has 2 aromatic heterocycles. The third-order valence-electron chi connectivity index (χ3n) is 3.22. The fourth-order valence-corrected chi connectivity index (χ4v) is 2.54. The zero-order valence-electron chi connectivity index (χ0n) is 11.7. The second-order valence-electron chi connectivity index (χ2n) is 4.73. The van der Waals surface area contributed by atoms with E-state index in [4.69, 9.17) is 10.3 Å². The van der Waals surface area contributed by atoms with E-state index in [1.165, 1.54) is 0 Å². The topological polar surface area (TPSA) is 77.8 Å². The van der Waals surface area contributed by atoms with E-state index in [2.05, 4.69) is 15.1 Å². The Balaban J connectivity index is 1.87. The van der Waals surface area contributed by atoms with Gasteiger partial charge in [0.25, 0.3) is 0 Å². The molecule has 3 rings (SSSR count). The third-order valence-corrected chi connectivity index (χ3v) is 3.86. The molecule has 21 heavy (non-hydrogen) atoms. The number of rotatable bonds is 5. The highest BCUT2D eigenvalue weighted by Gasteiger charge is 2.16. The molecule has 0 fully saturated rings. The van der Waals surface area contributed by atoms with Crippen LogP contribution in [0.4, 0.5) is 0 Å². The maximum atomic E-state index is 6.03. The lowest BCUT2D eigenvalue weighted by Gasteiger charge is -2.03. The quantitative estimate of drug-likeness (QED) is 0.780. The summed E-state index contributed by atoms with van der Waals surface area (Å²) in [6.07, 6.45) is 2.86. The van der Waals surface area contributed by atoms with Gasteiger partial charge in [-0.3, -0.25) is 0 Å². The second-order valence-corrected chi connectivity index (χ2v) is 5.72. The summed E-state index contributed by atoms with van der Waals surface area (Å²) in [4.78, 5) is 8.92. The molecule has 0 radical (unpaired) electrons. The average molecular weight is 300 g/mol. The van der Waals surface area contributed by atoms with E-state index in [0.717, 1.165) is 23.1 Å². The molecule has 0 unspecified atom stereocenters. The van der Waals surface area contributed by atoms with Crippen LogP contribution in [0.1, 0.15) is 18.4 Å². The molecule has 2 N–H and O–H groups in total. The van der Waals surface area contributed by atoms with Gasteiger partial charge in [0.15, 0.2) is 0 Å². The van der Waals surface area contributed by atoms with Gasteiger partial charge in [0.05, 0.1) is 11.6 Å². The summed E-state index contributed by atoms with van der Waals surface area (Å²) >= 11 is 1.75. The Kier molecular flexibility index (Phi) is 4.17. The van der Waals surface area contributed by atoms with E-state index >= 15 is 0 Å². The van der Waals surface area contributed by atoms with Crippen molar-refractivity contribution in [1.82, 2.24) is 15.1 Å². The van der Waals surface area contributed by atoms with E-state index in [9.17, 15) is 0 Å². The molecule has 108 valence electrons. The van der Waals surface area contributed by atoms with Crippen molar-refractivity contribution in [2.24, 2.45) is 5.73 Å². The molecule has 6 heteroatoms. The molecule has 1 aromatic carbocycles. The molecular weight excluding hydrogens is 284 g/mol. The Morgan fingerprint density at radius 3 is 2.90 bits per heavy atom. The molecule has 0 spiro atoms. The molecule has 0 aliphatic rings. The van der Waals surface area contributed by atoms with Crippen LogP contribution in [0.25, 0.3) is 22.4 Å². The molecule has 0 saturated heterocycles. The summed E-state index contributed by atoms with van der Waals surface area (Å²) in [5.41, 5.74) is 7.64. The first-order valence-corrected chi connectivity index (χ1v) is 8.11. The lowest BCUT2D eigenvalue weighted by Crippen LogP contribution is -2.11. The summed E-state index contributed by atoms with van der Waals surface area (Å²) in [5, 5.41) is 5.07. The number of benzene rings is 1. The smallest absolute Gasteiger partial charge is 0.243 e. The van der Waals surface area contributed by atoms with Crippen LogP contribution in [0.5, 0.6) is 0 Å². The highest BCUT2D eigenvalue weighted by molar-refractivity contribution is 7.98. The lowest BCUT2D eigenvalue weighted by molar-refractivity contribution is 0.353. The summed E-state index contributed by atoms with van der Waals surface area (Å²) in [6.45, 7) is 0. The Hall–Kier alpha value is -1.92. The number of aromatic nitrogens is 3. The van der Waals surface area contributed by atoms with Crippen LogP contribution >= 0.6 is 11.8 Å². The highest BCUT2D eigenvalue weighted by Crippen LogP contribution is 2.21. The lowest BCUT2D eigenvalue weighted by atomic mass is 10.2. The van der Waals surface area contributed by atoms with Crippen molar-refractivity contribution in [2.75, 3.05) is 12.0 Å². The van der Waals surface area contributed by atoms with E-state index in [1.54, 1.807) is 11.8 Å². The normalized spacial score (nSPS) is 12.7. The number of nitrogens with two attached hydrogens (primary N) is 1. The number of fused-ring (bicyclic) bond motifs is 1. The molecule has 3 aromatic rings. The fourth-order valence-electron chi connectivity index (χ4n) is 2.05. The Morgan fingerprint density at radius 1 is 1.19 bits per heavy atom. The van der Waals surface area contributed by atoms with Gasteiger partial charge in [-0.25, -0.2) is 4.98 Å². The van der Waals surface area contributed by atoms with Gasteiger partial charge in [-0.2, -0.15) is 16.7 Å². The van der Waals surface area contributed by atoms with Crippen LogP contribution in [0.3, 0.4) is 0 Å². The fraction of sp³-hybridized carbons (Fsp3) is 0.267. The maximum Gasteiger partial charge on any atom is 0.243 e. The van der Waals surface area contributed by atoms with E-state index in [0.29, 0.717) is 17.4 Å². The van der Waals surface area contributed by atoms with Crippen LogP contribution < -0.4 is 5.73 Å². The minimum atomic E-state index is -0.223. The molecular formula is C15H16N4OS. The van der Waals surface area contributed by atoms with Gasteiger partial charge in [-0.1, -0.05) is 29.4 Å². The van der Waals surface area contributed by atoms with Crippen molar-refractivity contribution >= 4 is 22.7 Å². The maximum absolute atomic E-state index is 6.03. The van der Waals surface area contributed by atoms with Gasteiger partial charge in [0.1, 0.15) is 5.69 Å². The predicted octanol–water partition coefficient (Wildman–Crippen LogP) is 3.04. The van der Waals surface area contributed by atoms with Crippen molar-refractivity contribution in [3.05, 3.63) is 42.3 Å². The summed E-state index contributed by atoms with van der Waals surface area (Å²) in [6, 6.07) is 11.6. The zero-order chi connectivity index (χ0) is 14.7. The monoisotopic (exact) mass is 300 g/mol. The zero-order valence-corrected chi connectivity index (χ0v) is 12.5. The molecule has 5 nitrogen and oxygen atoms in total. The van der Waals surface area contributed by atoms with Crippen molar-refractivity contribution < 1.29 is 4.52 Å². The van der Waals surface area contributed by atoms with Crippen molar-refractivity contribution in [3.8, 4) is 11.5 Å². The first kappa shape index (κ1) is 14.0. The first-order chi connectivity index (χ1) is 10.3. The first-order valence-electron chi connectivity index (χ1n) is 6.72. The Labute approximate surface area is 126 Å². The Morgan fingerprint density at radius 2 is 2.05 bits per heavy atom. The highest BCUT2D eigenvalue weighted by atomic mass is 32.2. The van der Waals surface area contributed by atoms with E-state index < -0.39 is 0 Å². The number of hydrogen-bond acceptors (Lipinski definition) is 6. The van der Waals surface area contributed by atoms with Gasteiger partial charge < -0.3 is 10.3 Å². The predicted molar refractivity (Wildman–Crippen MR) is 85.0 cm³/mol. The SMILES string of the molecule is CSCC[C@@H](N)c1nc(-c2ccc3ccccc3n2)no1. The molecule has 0 aliphatic heterocycles.